The van der Waals surface area contributed by atoms with E-state index in [1.54, 1.807) is 25.2 Å². The molecule has 0 saturated carbocycles. The second-order valence-electron chi connectivity index (χ2n) is 8.74. The second kappa shape index (κ2) is 7.70. The van der Waals surface area contributed by atoms with Gasteiger partial charge in [-0.1, -0.05) is 44.7 Å². The summed E-state index contributed by atoms with van der Waals surface area (Å²) in [5.41, 5.74) is -0.657. The number of H-pyrrole nitrogens is 1. The number of aromatic amines is 1. The molecule has 32 heavy (non-hydrogen) atoms. The Morgan fingerprint density at radius 3 is 2.38 bits per heavy atom. The molecule has 3 heterocycles. The van der Waals surface area contributed by atoms with Crippen LogP contribution in [-0.2, 0) is 19.5 Å². The lowest BCUT2D eigenvalue weighted by atomic mass is 9.96. The topological polar surface area (TPSA) is 116 Å². The van der Waals surface area contributed by atoms with Crippen molar-refractivity contribution in [1.82, 2.24) is 29.1 Å². The molecule has 1 atom stereocenters. The van der Waals surface area contributed by atoms with Crippen molar-refractivity contribution in [3.8, 4) is 0 Å². The maximum absolute atomic E-state index is 13.0. The van der Waals surface area contributed by atoms with Gasteiger partial charge in [0.05, 0.1) is 16.2 Å². The summed E-state index contributed by atoms with van der Waals surface area (Å²) in [6.07, 6.45) is 0. The van der Waals surface area contributed by atoms with Gasteiger partial charge in [0.1, 0.15) is 22.1 Å². The highest BCUT2D eigenvalue weighted by atomic mass is 32.2. The van der Waals surface area contributed by atoms with Crippen LogP contribution >= 0.6 is 11.8 Å². The molecule has 0 aliphatic heterocycles. The van der Waals surface area contributed by atoms with E-state index in [2.05, 4.69) is 15.0 Å². The average Bonchev–Trinajstić information content (AvgIpc) is 2.75. The van der Waals surface area contributed by atoms with Gasteiger partial charge >= 0.3 is 5.69 Å². The molecule has 0 saturated heterocycles. The molecule has 0 bridgehead atoms. The van der Waals surface area contributed by atoms with E-state index in [9.17, 15) is 14.4 Å². The third kappa shape index (κ3) is 3.64. The lowest BCUT2D eigenvalue weighted by Gasteiger charge is -2.20. The smallest absolute Gasteiger partial charge is 0.309 e. The Kier molecular flexibility index (Phi) is 5.28. The van der Waals surface area contributed by atoms with Gasteiger partial charge in [-0.3, -0.25) is 18.7 Å². The van der Waals surface area contributed by atoms with Gasteiger partial charge in [0.25, 0.3) is 11.1 Å². The highest BCUT2D eigenvalue weighted by molar-refractivity contribution is 7.99. The zero-order valence-electron chi connectivity index (χ0n) is 18.8. The van der Waals surface area contributed by atoms with Crippen LogP contribution in [-0.4, -0.2) is 29.1 Å². The minimum absolute atomic E-state index is 0.223. The molecular formula is C22H24N6O3S. The molecular weight excluding hydrogens is 428 g/mol. The van der Waals surface area contributed by atoms with Crippen LogP contribution in [0.25, 0.3) is 21.9 Å². The van der Waals surface area contributed by atoms with Crippen LogP contribution in [0.4, 0.5) is 0 Å². The Morgan fingerprint density at radius 1 is 1.00 bits per heavy atom. The van der Waals surface area contributed by atoms with Gasteiger partial charge in [0.15, 0.2) is 5.65 Å². The lowest BCUT2D eigenvalue weighted by Crippen LogP contribution is -2.38. The van der Waals surface area contributed by atoms with Crippen molar-refractivity contribution in [3.05, 3.63) is 67.1 Å². The van der Waals surface area contributed by atoms with Crippen LogP contribution in [0.1, 0.15) is 44.6 Å². The van der Waals surface area contributed by atoms with E-state index >= 15 is 0 Å². The minimum Gasteiger partial charge on any atom is -0.309 e. The predicted octanol–water partition coefficient (Wildman–Crippen LogP) is 2.41. The van der Waals surface area contributed by atoms with Gasteiger partial charge in [-0.15, -0.1) is 0 Å². The Morgan fingerprint density at radius 2 is 1.69 bits per heavy atom. The van der Waals surface area contributed by atoms with E-state index < -0.39 is 16.7 Å². The summed E-state index contributed by atoms with van der Waals surface area (Å²) < 4.78 is 2.41. The highest BCUT2D eigenvalue weighted by Crippen LogP contribution is 2.35. The predicted molar refractivity (Wildman–Crippen MR) is 125 cm³/mol. The summed E-state index contributed by atoms with van der Waals surface area (Å²) in [7, 11) is 3.02. The summed E-state index contributed by atoms with van der Waals surface area (Å²) in [5, 5.41) is 0.905. The van der Waals surface area contributed by atoms with Gasteiger partial charge in [-0.05, 0) is 19.1 Å². The highest BCUT2D eigenvalue weighted by Gasteiger charge is 2.25. The number of rotatable bonds is 3. The maximum atomic E-state index is 13.0. The Labute approximate surface area is 187 Å². The number of aromatic nitrogens is 6. The SMILES string of the molecule is CC(Sc1nc(C(C)(C)C)nc2c1c(=O)n(C)c(=O)n2C)c1nc2ccccc2c(=O)[nH]1. The third-order valence-corrected chi connectivity index (χ3v) is 6.34. The third-order valence-electron chi connectivity index (χ3n) is 5.24. The number of para-hydroxylation sites is 1. The van der Waals surface area contributed by atoms with Crippen molar-refractivity contribution in [2.24, 2.45) is 14.1 Å². The quantitative estimate of drug-likeness (QED) is 0.375. The first kappa shape index (κ1) is 21.9. The van der Waals surface area contributed by atoms with Crippen molar-refractivity contribution in [2.45, 2.75) is 43.4 Å². The molecule has 0 radical (unpaired) electrons. The van der Waals surface area contributed by atoms with Gasteiger partial charge in [-0.25, -0.2) is 19.7 Å². The molecule has 1 unspecified atom stereocenters. The van der Waals surface area contributed by atoms with E-state index in [-0.39, 0.29) is 21.8 Å². The minimum atomic E-state index is -0.460. The van der Waals surface area contributed by atoms with Crippen LogP contribution in [0, 0.1) is 0 Å². The molecule has 0 aliphatic carbocycles. The molecule has 10 heteroatoms. The average molecular weight is 453 g/mol. The first-order chi connectivity index (χ1) is 15.0. The normalized spacial score (nSPS) is 13.1. The maximum Gasteiger partial charge on any atom is 0.332 e. The van der Waals surface area contributed by atoms with E-state index in [1.165, 1.54) is 23.4 Å². The molecule has 0 spiro atoms. The molecule has 4 aromatic rings. The number of aryl methyl sites for hydroxylation is 1. The number of nitrogens with zero attached hydrogens (tertiary/aromatic N) is 5. The summed E-state index contributed by atoms with van der Waals surface area (Å²) in [5.74, 6) is 0.993. The number of fused-ring (bicyclic) bond motifs is 2. The second-order valence-corrected chi connectivity index (χ2v) is 10.1. The number of nitrogens with one attached hydrogen (secondary N) is 1. The molecule has 0 amide bonds. The van der Waals surface area contributed by atoms with Crippen LogP contribution in [0.15, 0.2) is 43.7 Å². The monoisotopic (exact) mass is 452 g/mol. The first-order valence-electron chi connectivity index (χ1n) is 10.1. The Hall–Kier alpha value is -3.27. The van der Waals surface area contributed by atoms with Crippen LogP contribution < -0.4 is 16.8 Å². The van der Waals surface area contributed by atoms with E-state index in [0.29, 0.717) is 27.6 Å². The van der Waals surface area contributed by atoms with E-state index in [0.717, 1.165) is 4.57 Å². The molecule has 4 rings (SSSR count). The van der Waals surface area contributed by atoms with Crippen molar-refractivity contribution < 1.29 is 0 Å². The van der Waals surface area contributed by atoms with Gasteiger partial charge in [-0.2, -0.15) is 0 Å². The number of hydrogen-bond acceptors (Lipinski definition) is 7. The van der Waals surface area contributed by atoms with Crippen molar-refractivity contribution >= 4 is 33.7 Å². The lowest BCUT2D eigenvalue weighted by molar-refractivity contribution is 0.539. The van der Waals surface area contributed by atoms with Crippen LogP contribution in [0.5, 0.6) is 0 Å². The van der Waals surface area contributed by atoms with Crippen molar-refractivity contribution in [2.75, 3.05) is 0 Å². The van der Waals surface area contributed by atoms with Crippen molar-refractivity contribution in [1.29, 1.82) is 0 Å². The summed E-state index contributed by atoms with van der Waals surface area (Å²) in [4.78, 5) is 54.7. The van der Waals surface area contributed by atoms with Gasteiger partial charge in [0.2, 0.25) is 0 Å². The summed E-state index contributed by atoms with van der Waals surface area (Å²) in [6, 6.07) is 7.13. The van der Waals surface area contributed by atoms with Gasteiger partial charge < -0.3 is 4.98 Å². The molecule has 3 aromatic heterocycles. The zero-order chi connectivity index (χ0) is 23.4. The number of benzene rings is 1. The van der Waals surface area contributed by atoms with Crippen LogP contribution in [0.2, 0.25) is 0 Å². The summed E-state index contributed by atoms with van der Waals surface area (Å²) >= 11 is 1.30. The fourth-order valence-electron chi connectivity index (χ4n) is 3.37. The number of thioether (sulfide) groups is 1. The van der Waals surface area contributed by atoms with Gasteiger partial charge in [0, 0.05) is 19.5 Å². The molecule has 9 nitrogen and oxygen atoms in total. The summed E-state index contributed by atoms with van der Waals surface area (Å²) in [6.45, 7) is 7.78. The Bertz CT molecular complexity index is 1540. The molecule has 1 aromatic carbocycles. The standard InChI is InChI=1S/C22H24N6O3S/c1-11(15-23-13-10-8-7-9-12(13)17(29)24-15)32-18-14-16(25-20(26-18)22(2,3)4)27(5)21(31)28(6)19(14)30/h7-11H,1-6H3,(H,23,24,29). The Balaban J connectivity index is 1.93. The molecule has 1 N–H and O–H groups in total. The van der Waals surface area contributed by atoms with Crippen LogP contribution in [0.3, 0.4) is 0 Å². The fraction of sp³-hybridized carbons (Fsp3) is 0.364. The van der Waals surface area contributed by atoms with Crippen molar-refractivity contribution in [3.63, 3.8) is 0 Å². The van der Waals surface area contributed by atoms with E-state index in [1.807, 2.05) is 33.8 Å². The van der Waals surface area contributed by atoms with E-state index in [4.69, 9.17) is 4.98 Å². The zero-order valence-corrected chi connectivity index (χ0v) is 19.6. The molecule has 166 valence electrons. The number of hydrogen-bond donors (Lipinski definition) is 1. The fourth-order valence-corrected chi connectivity index (χ4v) is 4.36. The molecule has 0 aliphatic rings. The largest absolute Gasteiger partial charge is 0.332 e. The molecule has 0 fully saturated rings. The first-order valence-corrected chi connectivity index (χ1v) is 11.0.